The van der Waals surface area contributed by atoms with Gasteiger partial charge in [0.05, 0.1) is 11.6 Å². The molecule has 0 spiro atoms. The van der Waals surface area contributed by atoms with Crippen molar-refractivity contribution in [3.05, 3.63) is 65.3 Å². The highest BCUT2D eigenvalue weighted by molar-refractivity contribution is 5.97. The zero-order valence-electron chi connectivity index (χ0n) is 18.2. The normalized spacial score (nSPS) is 15.6. The van der Waals surface area contributed by atoms with E-state index in [4.69, 9.17) is 4.52 Å². The number of alkyl halides is 2. The molecule has 1 atom stereocenters. The van der Waals surface area contributed by atoms with Crippen LogP contribution in [-0.2, 0) is 0 Å². The second kappa shape index (κ2) is 9.62. The monoisotopic (exact) mass is 460 g/mol. The summed E-state index contributed by atoms with van der Waals surface area (Å²) in [4.78, 5) is 21.0. The van der Waals surface area contributed by atoms with Gasteiger partial charge in [-0.1, -0.05) is 29.4 Å². The van der Waals surface area contributed by atoms with Crippen LogP contribution in [0.15, 0.2) is 47.0 Å². The van der Waals surface area contributed by atoms with Gasteiger partial charge in [0, 0.05) is 31.7 Å². The summed E-state index contributed by atoms with van der Waals surface area (Å²) in [7, 11) is 0. The number of piperazine rings is 1. The van der Waals surface area contributed by atoms with E-state index in [1.165, 1.54) is 24.3 Å². The minimum atomic E-state index is -3.01. The van der Waals surface area contributed by atoms with Crippen LogP contribution in [0.4, 0.5) is 13.2 Å². The second-order valence-electron chi connectivity index (χ2n) is 7.80. The van der Waals surface area contributed by atoms with Crippen LogP contribution < -0.4 is 4.74 Å². The number of aryl methyl sites for hydroxylation is 1. The van der Waals surface area contributed by atoms with Crippen molar-refractivity contribution in [3.63, 3.8) is 0 Å². The zero-order chi connectivity index (χ0) is 23.5. The van der Waals surface area contributed by atoms with Crippen molar-refractivity contribution in [2.75, 3.05) is 26.2 Å². The predicted molar refractivity (Wildman–Crippen MR) is 113 cm³/mol. The summed E-state index contributed by atoms with van der Waals surface area (Å²) in [6, 6.07) is 10.5. The molecule has 1 unspecified atom stereocenters. The highest BCUT2D eigenvalue weighted by Crippen LogP contribution is 2.26. The van der Waals surface area contributed by atoms with E-state index < -0.39 is 6.61 Å². The molecule has 174 valence electrons. The van der Waals surface area contributed by atoms with E-state index in [0.29, 0.717) is 49.0 Å². The molecule has 3 aromatic rings. The highest BCUT2D eigenvalue weighted by atomic mass is 19.3. The second-order valence-corrected chi connectivity index (χ2v) is 7.80. The van der Waals surface area contributed by atoms with E-state index in [0.717, 1.165) is 0 Å². The van der Waals surface area contributed by atoms with Gasteiger partial charge in [0.15, 0.2) is 0 Å². The van der Waals surface area contributed by atoms with E-state index >= 15 is 0 Å². The van der Waals surface area contributed by atoms with Gasteiger partial charge in [-0.25, -0.2) is 4.39 Å². The first-order chi connectivity index (χ1) is 15.8. The minimum Gasteiger partial charge on any atom is -0.434 e. The average Bonchev–Trinajstić information content (AvgIpc) is 3.30. The average molecular weight is 460 g/mol. The Labute approximate surface area is 188 Å². The van der Waals surface area contributed by atoms with Gasteiger partial charge in [0.2, 0.25) is 11.7 Å². The minimum absolute atomic E-state index is 0.103. The number of ether oxygens (including phenoxy) is 1. The molecule has 33 heavy (non-hydrogen) atoms. The lowest BCUT2D eigenvalue weighted by atomic mass is 10.1. The van der Waals surface area contributed by atoms with E-state index in [1.807, 2.05) is 6.92 Å². The number of hydrogen-bond donors (Lipinski definition) is 0. The Kier molecular flexibility index (Phi) is 6.64. The number of nitrogens with zero attached hydrogens (tertiary/aromatic N) is 4. The van der Waals surface area contributed by atoms with Gasteiger partial charge in [-0.05, 0) is 37.6 Å². The molecule has 1 fully saturated rings. The molecule has 1 saturated heterocycles. The maximum atomic E-state index is 13.9. The number of amides is 1. The van der Waals surface area contributed by atoms with Crippen LogP contribution in [0.2, 0.25) is 0 Å². The van der Waals surface area contributed by atoms with E-state index in [-0.39, 0.29) is 29.1 Å². The van der Waals surface area contributed by atoms with E-state index in [9.17, 15) is 18.0 Å². The molecule has 1 aliphatic rings. The molecule has 0 saturated carbocycles. The standard InChI is InChI=1S/C23H23F3N4O3/c1-14-7-8-16(13-18(14)24)20-27-21(33-28-20)15(2)29-9-11-30(12-10-29)22(31)17-5-3-4-6-19(17)32-23(25)26/h3-8,13,15,23H,9-12H2,1-2H3. The number of rotatable bonds is 6. The van der Waals surface area contributed by atoms with Crippen LogP contribution in [0.1, 0.15) is 34.8 Å². The van der Waals surface area contributed by atoms with Gasteiger partial charge >= 0.3 is 6.61 Å². The predicted octanol–water partition coefficient (Wildman–Crippen LogP) is 4.30. The summed E-state index contributed by atoms with van der Waals surface area (Å²) in [5, 5.41) is 3.97. The van der Waals surface area contributed by atoms with Gasteiger partial charge in [-0.15, -0.1) is 0 Å². The van der Waals surface area contributed by atoms with Crippen molar-refractivity contribution >= 4 is 5.91 Å². The summed E-state index contributed by atoms with van der Waals surface area (Å²) in [5.41, 5.74) is 1.17. The lowest BCUT2D eigenvalue weighted by Crippen LogP contribution is -2.49. The fourth-order valence-electron chi connectivity index (χ4n) is 3.74. The molecule has 1 aromatic heterocycles. The van der Waals surface area contributed by atoms with Crippen molar-refractivity contribution in [2.24, 2.45) is 0 Å². The molecule has 0 N–H and O–H groups in total. The maximum Gasteiger partial charge on any atom is 0.387 e. The molecule has 0 aliphatic carbocycles. The summed E-state index contributed by atoms with van der Waals surface area (Å²) < 4.78 is 49.1. The lowest BCUT2D eigenvalue weighted by Gasteiger charge is -2.37. The Morgan fingerprint density at radius 2 is 1.85 bits per heavy atom. The van der Waals surface area contributed by atoms with Gasteiger partial charge in [-0.2, -0.15) is 13.8 Å². The highest BCUT2D eigenvalue weighted by Gasteiger charge is 2.29. The third-order valence-electron chi connectivity index (χ3n) is 5.71. The quantitative estimate of drug-likeness (QED) is 0.546. The topological polar surface area (TPSA) is 71.7 Å². The molecule has 4 rings (SSSR count). The Hall–Kier alpha value is -3.40. The molecule has 0 bridgehead atoms. The first-order valence-electron chi connectivity index (χ1n) is 10.5. The third-order valence-corrected chi connectivity index (χ3v) is 5.71. The van der Waals surface area contributed by atoms with Crippen molar-refractivity contribution < 1.29 is 27.2 Å². The van der Waals surface area contributed by atoms with Crippen LogP contribution in [0.25, 0.3) is 11.4 Å². The molecule has 2 heterocycles. The summed E-state index contributed by atoms with van der Waals surface area (Å²) in [6.07, 6.45) is 0. The number of aromatic nitrogens is 2. The van der Waals surface area contributed by atoms with Gasteiger partial charge in [0.1, 0.15) is 11.6 Å². The van der Waals surface area contributed by atoms with Crippen molar-refractivity contribution in [1.29, 1.82) is 0 Å². The van der Waals surface area contributed by atoms with Crippen LogP contribution in [0, 0.1) is 12.7 Å². The number of para-hydroxylation sites is 1. The summed E-state index contributed by atoms with van der Waals surface area (Å²) in [5.74, 6) is -0.144. The van der Waals surface area contributed by atoms with Gasteiger partial charge < -0.3 is 14.2 Å². The van der Waals surface area contributed by atoms with Crippen LogP contribution in [0.3, 0.4) is 0 Å². The molecule has 1 amide bonds. The molecule has 0 radical (unpaired) electrons. The van der Waals surface area contributed by atoms with Crippen molar-refractivity contribution in [2.45, 2.75) is 26.5 Å². The van der Waals surface area contributed by atoms with E-state index in [2.05, 4.69) is 19.8 Å². The molecule has 7 nitrogen and oxygen atoms in total. The Balaban J connectivity index is 1.40. The van der Waals surface area contributed by atoms with Crippen molar-refractivity contribution in [1.82, 2.24) is 19.9 Å². The molecule has 1 aliphatic heterocycles. The smallest absolute Gasteiger partial charge is 0.387 e. The fraction of sp³-hybridized carbons (Fsp3) is 0.348. The first kappa shape index (κ1) is 22.8. The van der Waals surface area contributed by atoms with Crippen LogP contribution >= 0.6 is 0 Å². The summed E-state index contributed by atoms with van der Waals surface area (Å²) >= 11 is 0. The molecular formula is C23H23F3N4O3. The van der Waals surface area contributed by atoms with Gasteiger partial charge in [0.25, 0.3) is 5.91 Å². The number of halogens is 3. The maximum absolute atomic E-state index is 13.9. The first-order valence-corrected chi connectivity index (χ1v) is 10.5. The molecule has 10 heteroatoms. The third kappa shape index (κ3) is 5.00. The Bertz CT molecular complexity index is 1130. The number of carbonyl (C=O) groups excluding carboxylic acids is 1. The summed E-state index contributed by atoms with van der Waals surface area (Å²) in [6.45, 7) is 2.44. The number of hydrogen-bond acceptors (Lipinski definition) is 6. The van der Waals surface area contributed by atoms with Gasteiger partial charge in [-0.3, -0.25) is 9.69 Å². The fourth-order valence-corrected chi connectivity index (χ4v) is 3.74. The largest absolute Gasteiger partial charge is 0.434 e. The number of benzene rings is 2. The number of carbonyl (C=O) groups is 1. The zero-order valence-corrected chi connectivity index (χ0v) is 18.2. The Morgan fingerprint density at radius 1 is 1.12 bits per heavy atom. The van der Waals surface area contributed by atoms with Crippen LogP contribution in [0.5, 0.6) is 5.75 Å². The lowest BCUT2D eigenvalue weighted by molar-refractivity contribution is -0.0503. The van der Waals surface area contributed by atoms with E-state index in [1.54, 1.807) is 30.0 Å². The SMILES string of the molecule is Cc1ccc(-c2noc(C(C)N3CCN(C(=O)c4ccccc4OC(F)F)CC3)n2)cc1F. The van der Waals surface area contributed by atoms with Crippen molar-refractivity contribution in [3.8, 4) is 17.1 Å². The molecular weight excluding hydrogens is 437 g/mol. The molecule has 2 aromatic carbocycles. The van der Waals surface area contributed by atoms with Crippen LogP contribution in [-0.4, -0.2) is 58.6 Å². The Morgan fingerprint density at radius 3 is 2.55 bits per heavy atom.